The molecule has 0 fully saturated rings. The van der Waals surface area contributed by atoms with Crippen molar-refractivity contribution in [2.24, 2.45) is 0 Å². The number of methoxy groups -OCH3 is 1. The Labute approximate surface area is 128 Å². The molecule has 0 aliphatic carbocycles. The van der Waals surface area contributed by atoms with Crippen LogP contribution in [-0.2, 0) is 17.9 Å². The Kier molecular flexibility index (Phi) is 5.48. The normalized spacial score (nSPS) is 10.6. The Morgan fingerprint density at radius 1 is 1.32 bits per heavy atom. The number of ether oxygens (including phenoxy) is 2. The van der Waals surface area contributed by atoms with Crippen molar-refractivity contribution >= 4 is 5.97 Å². The molecule has 2 aromatic rings. The molecule has 0 radical (unpaired) electrons. The summed E-state index contributed by atoms with van der Waals surface area (Å²) in [5.41, 5.74) is 1.58. The number of aromatic carboxylic acids is 1. The lowest BCUT2D eigenvalue weighted by molar-refractivity contribution is 0.0684. The summed E-state index contributed by atoms with van der Waals surface area (Å²) in [6.07, 6.45) is 0.688. The zero-order chi connectivity index (χ0) is 15.9. The minimum Gasteiger partial charge on any atom is -0.494 e. The van der Waals surface area contributed by atoms with E-state index >= 15 is 0 Å². The molecule has 0 saturated heterocycles. The second-order valence-corrected chi connectivity index (χ2v) is 4.86. The van der Waals surface area contributed by atoms with E-state index in [0.29, 0.717) is 25.3 Å². The van der Waals surface area contributed by atoms with Gasteiger partial charge in [-0.3, -0.25) is 0 Å². The predicted molar refractivity (Wildman–Crippen MR) is 79.0 cm³/mol. The van der Waals surface area contributed by atoms with Gasteiger partial charge in [0.2, 0.25) is 0 Å². The SMILES string of the molecule is COCc1c(C(=O)O)nnn1CCCOc1ccc(C)cc1. The lowest BCUT2D eigenvalue weighted by atomic mass is 10.2. The number of aryl methyl sites for hydroxylation is 2. The Morgan fingerprint density at radius 3 is 2.68 bits per heavy atom. The lowest BCUT2D eigenvalue weighted by Crippen LogP contribution is -2.11. The maximum Gasteiger partial charge on any atom is 0.358 e. The van der Waals surface area contributed by atoms with Gasteiger partial charge in [0.1, 0.15) is 5.75 Å². The summed E-state index contributed by atoms with van der Waals surface area (Å²) >= 11 is 0. The van der Waals surface area contributed by atoms with Crippen LogP contribution in [0.15, 0.2) is 24.3 Å². The average molecular weight is 305 g/mol. The van der Waals surface area contributed by atoms with Gasteiger partial charge < -0.3 is 14.6 Å². The first-order valence-corrected chi connectivity index (χ1v) is 6.96. The smallest absolute Gasteiger partial charge is 0.358 e. The minimum atomic E-state index is -1.10. The van der Waals surface area contributed by atoms with Crippen LogP contribution >= 0.6 is 0 Å². The summed E-state index contributed by atoms with van der Waals surface area (Å²) in [7, 11) is 1.50. The van der Waals surface area contributed by atoms with Gasteiger partial charge in [0, 0.05) is 20.1 Å². The summed E-state index contributed by atoms with van der Waals surface area (Å²) < 4.78 is 12.2. The number of hydrogen-bond donors (Lipinski definition) is 1. The van der Waals surface area contributed by atoms with E-state index in [2.05, 4.69) is 10.3 Å². The number of hydrogen-bond acceptors (Lipinski definition) is 5. The van der Waals surface area contributed by atoms with Crippen LogP contribution in [0.4, 0.5) is 0 Å². The van der Waals surface area contributed by atoms with E-state index in [4.69, 9.17) is 14.6 Å². The van der Waals surface area contributed by atoms with E-state index in [0.717, 1.165) is 5.75 Å². The van der Waals surface area contributed by atoms with E-state index < -0.39 is 5.97 Å². The van der Waals surface area contributed by atoms with Gasteiger partial charge >= 0.3 is 5.97 Å². The molecule has 7 heteroatoms. The van der Waals surface area contributed by atoms with Crippen LogP contribution in [0.1, 0.15) is 28.2 Å². The van der Waals surface area contributed by atoms with Crippen molar-refractivity contribution in [2.45, 2.75) is 26.5 Å². The molecule has 0 amide bonds. The van der Waals surface area contributed by atoms with Crippen molar-refractivity contribution in [3.05, 3.63) is 41.2 Å². The van der Waals surface area contributed by atoms with Crippen molar-refractivity contribution < 1.29 is 19.4 Å². The van der Waals surface area contributed by atoms with Gasteiger partial charge in [-0.05, 0) is 19.1 Å². The molecule has 1 aromatic heterocycles. The Morgan fingerprint density at radius 2 is 2.05 bits per heavy atom. The number of carboxylic acids is 1. The molecule has 0 bridgehead atoms. The largest absolute Gasteiger partial charge is 0.494 e. The second-order valence-electron chi connectivity index (χ2n) is 4.86. The van der Waals surface area contributed by atoms with E-state index in [1.165, 1.54) is 12.7 Å². The van der Waals surface area contributed by atoms with Gasteiger partial charge in [-0.1, -0.05) is 22.9 Å². The lowest BCUT2D eigenvalue weighted by Gasteiger charge is -2.08. The van der Waals surface area contributed by atoms with Crippen LogP contribution in [0.3, 0.4) is 0 Å². The molecular formula is C15H19N3O4. The Bertz CT molecular complexity index is 622. The third-order valence-corrected chi connectivity index (χ3v) is 3.13. The number of aromatic nitrogens is 3. The van der Waals surface area contributed by atoms with Crippen molar-refractivity contribution in [2.75, 3.05) is 13.7 Å². The number of carboxylic acid groups (broad SMARTS) is 1. The number of benzene rings is 1. The molecule has 7 nitrogen and oxygen atoms in total. The van der Waals surface area contributed by atoms with Crippen molar-refractivity contribution in [3.8, 4) is 5.75 Å². The molecule has 0 spiro atoms. The average Bonchev–Trinajstić information content (AvgIpc) is 2.89. The highest BCUT2D eigenvalue weighted by Gasteiger charge is 2.18. The molecule has 1 heterocycles. The first kappa shape index (κ1) is 16.0. The first-order chi connectivity index (χ1) is 10.6. The van der Waals surface area contributed by atoms with Gasteiger partial charge in [0.25, 0.3) is 0 Å². The van der Waals surface area contributed by atoms with Crippen LogP contribution in [0.25, 0.3) is 0 Å². The fourth-order valence-corrected chi connectivity index (χ4v) is 2.00. The van der Waals surface area contributed by atoms with E-state index in [1.54, 1.807) is 4.68 Å². The molecule has 0 aliphatic rings. The monoisotopic (exact) mass is 305 g/mol. The molecule has 22 heavy (non-hydrogen) atoms. The van der Waals surface area contributed by atoms with E-state index in [-0.39, 0.29) is 12.3 Å². The number of nitrogens with zero attached hydrogens (tertiary/aromatic N) is 3. The molecule has 118 valence electrons. The first-order valence-electron chi connectivity index (χ1n) is 6.96. The van der Waals surface area contributed by atoms with Crippen LogP contribution in [0.2, 0.25) is 0 Å². The molecule has 0 unspecified atom stereocenters. The van der Waals surface area contributed by atoms with Gasteiger partial charge in [-0.15, -0.1) is 5.10 Å². The third-order valence-electron chi connectivity index (χ3n) is 3.13. The fraction of sp³-hybridized carbons (Fsp3) is 0.400. The van der Waals surface area contributed by atoms with Gasteiger partial charge in [-0.25, -0.2) is 9.48 Å². The predicted octanol–water partition coefficient (Wildman–Crippen LogP) is 1.90. The van der Waals surface area contributed by atoms with Gasteiger partial charge in [-0.2, -0.15) is 0 Å². The van der Waals surface area contributed by atoms with Gasteiger partial charge in [0.05, 0.1) is 18.9 Å². The standard InChI is InChI=1S/C15H19N3O4/c1-11-4-6-12(7-5-11)22-9-3-8-18-13(10-21-2)14(15(19)20)16-17-18/h4-7H,3,8-10H2,1-2H3,(H,19,20). The van der Waals surface area contributed by atoms with Crippen LogP contribution in [-0.4, -0.2) is 39.8 Å². The summed E-state index contributed by atoms with van der Waals surface area (Å²) in [5, 5.41) is 16.6. The molecule has 1 aromatic carbocycles. The second kappa shape index (κ2) is 7.56. The van der Waals surface area contributed by atoms with Gasteiger partial charge in [0.15, 0.2) is 5.69 Å². The molecule has 0 aliphatic heterocycles. The highest BCUT2D eigenvalue weighted by atomic mass is 16.5. The molecule has 0 saturated carbocycles. The third kappa shape index (κ3) is 4.05. The Hall–Kier alpha value is -2.41. The Balaban J connectivity index is 1.88. The van der Waals surface area contributed by atoms with Crippen molar-refractivity contribution in [1.82, 2.24) is 15.0 Å². The van der Waals surface area contributed by atoms with Crippen molar-refractivity contribution in [3.63, 3.8) is 0 Å². The fourth-order valence-electron chi connectivity index (χ4n) is 2.00. The van der Waals surface area contributed by atoms with Crippen LogP contribution < -0.4 is 4.74 Å². The highest BCUT2D eigenvalue weighted by Crippen LogP contribution is 2.12. The summed E-state index contributed by atoms with van der Waals surface area (Å²) in [5.74, 6) is -0.290. The summed E-state index contributed by atoms with van der Waals surface area (Å²) in [4.78, 5) is 11.1. The van der Waals surface area contributed by atoms with Crippen LogP contribution in [0.5, 0.6) is 5.75 Å². The zero-order valence-electron chi connectivity index (χ0n) is 12.7. The molecular weight excluding hydrogens is 286 g/mol. The van der Waals surface area contributed by atoms with E-state index in [1.807, 2.05) is 31.2 Å². The quantitative estimate of drug-likeness (QED) is 0.750. The molecule has 0 atom stereocenters. The maximum atomic E-state index is 11.1. The topological polar surface area (TPSA) is 86.5 Å². The summed E-state index contributed by atoms with van der Waals surface area (Å²) in [6.45, 7) is 3.21. The summed E-state index contributed by atoms with van der Waals surface area (Å²) in [6, 6.07) is 7.82. The van der Waals surface area contributed by atoms with Crippen LogP contribution in [0, 0.1) is 6.92 Å². The molecule has 1 N–H and O–H groups in total. The number of rotatable bonds is 8. The van der Waals surface area contributed by atoms with E-state index in [9.17, 15) is 4.79 Å². The highest BCUT2D eigenvalue weighted by molar-refractivity contribution is 5.86. The molecule has 2 rings (SSSR count). The minimum absolute atomic E-state index is 0.0682. The zero-order valence-corrected chi connectivity index (χ0v) is 12.7. The maximum absolute atomic E-state index is 11.1. The number of carbonyl (C=O) groups is 1. The van der Waals surface area contributed by atoms with Crippen molar-refractivity contribution in [1.29, 1.82) is 0 Å².